The Hall–Kier alpha value is -4.44. The minimum atomic E-state index is -1.24. The van der Waals surface area contributed by atoms with Gasteiger partial charge in [0.15, 0.2) is 0 Å². The Kier molecular flexibility index (Phi) is 17.2. The van der Waals surface area contributed by atoms with Crippen molar-refractivity contribution < 1.29 is 48.5 Å². The fraction of sp³-hybridized carbons (Fsp3) is 0.438. The number of benzene rings is 2. The van der Waals surface area contributed by atoms with Crippen LogP contribution in [0.25, 0.3) is 0 Å². The zero-order valence-electron chi connectivity index (χ0n) is 27.0. The van der Waals surface area contributed by atoms with Crippen molar-refractivity contribution in [2.75, 3.05) is 11.5 Å². The Morgan fingerprint density at radius 2 is 0.917 bits per heavy atom. The summed E-state index contributed by atoms with van der Waals surface area (Å²) in [5, 5.41) is 28.9. The maximum absolute atomic E-state index is 13.1. The summed E-state index contributed by atoms with van der Waals surface area (Å²) in [5.41, 5.74) is 1.43. The van der Waals surface area contributed by atoms with Gasteiger partial charge in [-0.3, -0.25) is 9.59 Å². The van der Waals surface area contributed by atoms with Crippen molar-refractivity contribution in [2.24, 2.45) is 11.8 Å². The van der Waals surface area contributed by atoms with Crippen molar-refractivity contribution in [3.63, 3.8) is 0 Å². The second-order valence-electron chi connectivity index (χ2n) is 11.2. The van der Waals surface area contributed by atoms with Crippen LogP contribution in [-0.4, -0.2) is 81.8 Å². The molecule has 0 bridgehead atoms. The second-order valence-corrected chi connectivity index (χ2v) is 13.8. The number of carbonyl (C=O) groups excluding carboxylic acids is 4. The summed E-state index contributed by atoms with van der Waals surface area (Å²) in [7, 11) is 2.11. The average molecular weight is 707 g/mol. The van der Waals surface area contributed by atoms with Gasteiger partial charge >= 0.3 is 24.1 Å². The van der Waals surface area contributed by atoms with Gasteiger partial charge in [-0.1, -0.05) is 110 Å². The van der Waals surface area contributed by atoms with E-state index in [1.54, 1.807) is 88.4 Å². The molecule has 14 nitrogen and oxygen atoms in total. The van der Waals surface area contributed by atoms with Crippen molar-refractivity contribution in [1.82, 2.24) is 21.3 Å². The highest BCUT2D eigenvalue weighted by atomic mass is 33.1. The van der Waals surface area contributed by atoms with Crippen LogP contribution in [-0.2, 0) is 41.9 Å². The molecule has 48 heavy (non-hydrogen) atoms. The van der Waals surface area contributed by atoms with Gasteiger partial charge < -0.3 is 41.0 Å². The van der Waals surface area contributed by atoms with E-state index in [-0.39, 0.29) is 24.7 Å². The Balaban J connectivity index is 2.10. The number of aliphatic carboxylic acids is 2. The van der Waals surface area contributed by atoms with Gasteiger partial charge in [0, 0.05) is 11.5 Å². The lowest BCUT2D eigenvalue weighted by Crippen LogP contribution is -2.54. The van der Waals surface area contributed by atoms with Crippen molar-refractivity contribution in [1.29, 1.82) is 0 Å². The third-order valence-electron chi connectivity index (χ3n) is 6.66. The molecule has 16 heteroatoms. The maximum Gasteiger partial charge on any atom is 0.408 e. The van der Waals surface area contributed by atoms with Gasteiger partial charge in [0.2, 0.25) is 11.8 Å². The highest BCUT2D eigenvalue weighted by Crippen LogP contribution is 2.24. The minimum absolute atomic E-state index is 0.0663. The summed E-state index contributed by atoms with van der Waals surface area (Å²) in [4.78, 5) is 74.9. The number of hydrogen-bond acceptors (Lipinski definition) is 10. The van der Waals surface area contributed by atoms with E-state index in [0.29, 0.717) is 11.1 Å². The lowest BCUT2D eigenvalue weighted by Gasteiger charge is -2.24. The van der Waals surface area contributed by atoms with Crippen molar-refractivity contribution in [3.8, 4) is 0 Å². The summed E-state index contributed by atoms with van der Waals surface area (Å²) in [5.74, 6) is -5.09. The number of alkyl carbamates (subject to hydrolysis) is 2. The molecule has 0 aliphatic rings. The molecule has 2 aromatic carbocycles. The molecule has 262 valence electrons. The normalized spacial score (nSPS) is 13.4. The first kappa shape index (κ1) is 39.7. The summed E-state index contributed by atoms with van der Waals surface area (Å²) in [6, 6.07) is 12.8. The molecular formula is C32H42N4O10S2. The van der Waals surface area contributed by atoms with Gasteiger partial charge in [-0.2, -0.15) is 0 Å². The van der Waals surface area contributed by atoms with Crippen LogP contribution in [0.2, 0.25) is 0 Å². The van der Waals surface area contributed by atoms with E-state index in [4.69, 9.17) is 9.47 Å². The molecule has 2 rings (SSSR count). The zero-order valence-corrected chi connectivity index (χ0v) is 28.7. The van der Waals surface area contributed by atoms with E-state index in [1.807, 2.05) is 0 Å². The van der Waals surface area contributed by atoms with Gasteiger partial charge in [0.1, 0.15) is 37.4 Å². The van der Waals surface area contributed by atoms with Crippen LogP contribution in [0.15, 0.2) is 60.7 Å². The van der Waals surface area contributed by atoms with Gasteiger partial charge in [-0.15, -0.1) is 0 Å². The molecule has 0 heterocycles. The Morgan fingerprint density at radius 3 is 1.21 bits per heavy atom. The topological polar surface area (TPSA) is 209 Å². The molecule has 4 amide bonds. The van der Waals surface area contributed by atoms with Gasteiger partial charge in [-0.05, 0) is 23.0 Å². The number of carboxylic acids is 2. The van der Waals surface area contributed by atoms with Gasteiger partial charge in [0.05, 0.1) is 0 Å². The van der Waals surface area contributed by atoms with Crippen LogP contribution in [0.4, 0.5) is 9.59 Å². The maximum atomic E-state index is 13.1. The van der Waals surface area contributed by atoms with E-state index in [2.05, 4.69) is 21.3 Å². The fourth-order valence-corrected chi connectivity index (χ4v) is 6.27. The van der Waals surface area contributed by atoms with Crippen LogP contribution >= 0.6 is 21.6 Å². The summed E-state index contributed by atoms with van der Waals surface area (Å²) < 4.78 is 10.5. The molecule has 0 aromatic heterocycles. The predicted molar refractivity (Wildman–Crippen MR) is 181 cm³/mol. The first-order valence-electron chi connectivity index (χ1n) is 15.0. The monoisotopic (exact) mass is 706 g/mol. The smallest absolute Gasteiger partial charge is 0.408 e. The van der Waals surface area contributed by atoms with Gasteiger partial charge in [-0.25, -0.2) is 19.2 Å². The van der Waals surface area contributed by atoms with E-state index in [0.717, 1.165) is 21.6 Å². The molecule has 0 spiro atoms. The molecule has 0 saturated carbocycles. The molecule has 0 radical (unpaired) electrons. The Morgan fingerprint density at radius 1 is 0.583 bits per heavy atom. The molecule has 2 aromatic rings. The fourth-order valence-electron chi connectivity index (χ4n) is 3.95. The molecule has 0 aliphatic heterocycles. The molecule has 0 fully saturated rings. The lowest BCUT2D eigenvalue weighted by atomic mass is 10.0. The SMILES string of the molecule is CC(C)[C@H](NC(=O)[C@H](CSSC[C@H](NC(=O)OCc1ccccc1)C(=O)N[C@@H](C(=O)O)C(C)C)NC(=O)OCc1ccccc1)C(=O)O. The number of rotatable bonds is 19. The number of amides is 4. The third-order valence-corrected chi connectivity index (χ3v) is 9.08. The summed E-state index contributed by atoms with van der Waals surface area (Å²) >= 11 is 0. The van der Waals surface area contributed by atoms with E-state index < -0.39 is 71.9 Å². The summed E-state index contributed by atoms with van der Waals surface area (Å²) in [6.07, 6.45) is -1.82. The number of hydrogen-bond donors (Lipinski definition) is 6. The summed E-state index contributed by atoms with van der Waals surface area (Å²) in [6.45, 7) is 6.36. The molecule has 4 atom stereocenters. The molecule has 6 N–H and O–H groups in total. The largest absolute Gasteiger partial charge is 0.480 e. The van der Waals surface area contributed by atoms with E-state index in [9.17, 15) is 39.0 Å². The van der Waals surface area contributed by atoms with Crippen LogP contribution < -0.4 is 21.3 Å². The molecular weight excluding hydrogens is 665 g/mol. The predicted octanol–water partition coefficient (Wildman–Crippen LogP) is 3.41. The van der Waals surface area contributed by atoms with Crippen LogP contribution in [0.3, 0.4) is 0 Å². The lowest BCUT2D eigenvalue weighted by molar-refractivity contribution is -0.143. The van der Waals surface area contributed by atoms with Gasteiger partial charge in [0.25, 0.3) is 0 Å². The minimum Gasteiger partial charge on any atom is -0.480 e. The molecule has 0 aliphatic carbocycles. The van der Waals surface area contributed by atoms with E-state index in [1.165, 1.54) is 0 Å². The first-order chi connectivity index (χ1) is 22.8. The standard InChI is InChI=1S/C32H42N4O10S2/c1-19(2)25(29(39)40)35-27(37)23(33-31(43)45-15-21-11-7-5-8-12-21)17-47-48-18-24(28(38)36-26(20(3)4)30(41)42)34-32(44)46-16-22-13-9-6-10-14-22/h5-14,19-20,23-26H,15-18H2,1-4H3,(H,33,43)(H,34,44)(H,35,37)(H,36,38)(H,39,40)(H,41,42)/t23-,24-,25-,26+/m0/s1. The number of carbonyl (C=O) groups is 6. The Labute approximate surface area is 286 Å². The number of carboxylic acid groups (broad SMARTS) is 2. The van der Waals surface area contributed by atoms with Crippen molar-refractivity contribution in [3.05, 3.63) is 71.8 Å². The first-order valence-corrected chi connectivity index (χ1v) is 17.5. The van der Waals surface area contributed by atoms with Crippen LogP contribution in [0.1, 0.15) is 38.8 Å². The quantitative estimate of drug-likeness (QED) is 0.0918. The number of nitrogens with one attached hydrogen (secondary N) is 4. The van der Waals surface area contributed by atoms with Crippen LogP contribution in [0.5, 0.6) is 0 Å². The highest BCUT2D eigenvalue weighted by molar-refractivity contribution is 8.76. The van der Waals surface area contributed by atoms with E-state index >= 15 is 0 Å². The highest BCUT2D eigenvalue weighted by Gasteiger charge is 2.31. The van der Waals surface area contributed by atoms with Crippen molar-refractivity contribution in [2.45, 2.75) is 65.1 Å². The number of ether oxygens (including phenoxy) is 2. The Bertz CT molecular complexity index is 1260. The molecule has 0 unspecified atom stereocenters. The molecule has 0 saturated heterocycles. The van der Waals surface area contributed by atoms with Crippen LogP contribution in [0, 0.1) is 11.8 Å². The second kappa shape index (κ2) is 20.7. The third kappa shape index (κ3) is 14.5. The van der Waals surface area contributed by atoms with Crippen molar-refractivity contribution >= 4 is 57.5 Å². The average Bonchev–Trinajstić information content (AvgIpc) is 3.05. The zero-order chi connectivity index (χ0) is 35.6.